The van der Waals surface area contributed by atoms with E-state index in [2.05, 4.69) is 34.1 Å². The van der Waals surface area contributed by atoms with Gasteiger partial charge in [-0.15, -0.1) is 18.3 Å². The Hall–Kier alpha value is -5.08. The molecule has 0 saturated carbocycles. The van der Waals surface area contributed by atoms with E-state index in [1.807, 2.05) is 74.5 Å². The third-order valence-corrected chi connectivity index (χ3v) is 8.21. The van der Waals surface area contributed by atoms with Crippen molar-refractivity contribution in [1.82, 2.24) is 28.9 Å². The van der Waals surface area contributed by atoms with Crippen LogP contribution in [0.4, 0.5) is 18.9 Å². The average molecular weight is 659 g/mol. The molecule has 0 bridgehead atoms. The normalized spacial score (nSPS) is 12.2. The van der Waals surface area contributed by atoms with Gasteiger partial charge in [0.15, 0.2) is 11.0 Å². The van der Waals surface area contributed by atoms with E-state index in [9.17, 15) is 13.2 Å². The summed E-state index contributed by atoms with van der Waals surface area (Å²) >= 11 is 2.73. The number of aromatic nitrogens is 5. The second-order valence-electron chi connectivity index (χ2n) is 10.0. The van der Waals surface area contributed by atoms with Crippen molar-refractivity contribution in [3.8, 4) is 22.8 Å². The summed E-state index contributed by atoms with van der Waals surface area (Å²) in [6.07, 6.45) is -1.56. The Labute approximate surface area is 270 Å². The molecule has 0 radical (unpaired) electrons. The first kappa shape index (κ1) is 30.9. The minimum atomic E-state index is -4.75. The molecule has 6 rings (SSSR count). The number of halogens is 3. The SMILES string of the molecule is Cc1cccc(C)c1N=C(N/N=C\c1ccc(-c2ncn(-c3ccc(OC(F)(F)F)cc3)n2)cc1)SCc1cccc2nsnc12. The average Bonchev–Trinajstić information content (AvgIpc) is 3.72. The summed E-state index contributed by atoms with van der Waals surface area (Å²) in [5, 5.41) is 9.56. The Morgan fingerprint density at radius 1 is 0.957 bits per heavy atom. The van der Waals surface area contributed by atoms with Crippen LogP contribution in [0.15, 0.2) is 101 Å². The number of alkyl halides is 3. The van der Waals surface area contributed by atoms with Crippen LogP contribution in [-0.4, -0.2) is 41.3 Å². The summed E-state index contributed by atoms with van der Waals surface area (Å²) in [4.78, 5) is 9.26. The molecule has 0 saturated heterocycles. The number of para-hydroxylation sites is 1. The van der Waals surface area contributed by atoms with E-state index in [0.717, 1.165) is 44.5 Å². The van der Waals surface area contributed by atoms with E-state index >= 15 is 0 Å². The van der Waals surface area contributed by atoms with Gasteiger partial charge in [-0.1, -0.05) is 66.4 Å². The van der Waals surface area contributed by atoms with Crippen LogP contribution in [0.2, 0.25) is 0 Å². The number of nitrogens with zero attached hydrogens (tertiary/aromatic N) is 7. The van der Waals surface area contributed by atoms with Crippen LogP contribution in [0, 0.1) is 13.8 Å². The van der Waals surface area contributed by atoms with E-state index in [1.165, 1.54) is 58.8 Å². The lowest BCUT2D eigenvalue weighted by atomic mass is 10.1. The Bertz CT molecular complexity index is 2000. The van der Waals surface area contributed by atoms with Gasteiger partial charge in [0.05, 0.1) is 29.3 Å². The van der Waals surface area contributed by atoms with Gasteiger partial charge in [0.1, 0.15) is 23.1 Å². The van der Waals surface area contributed by atoms with E-state index in [-0.39, 0.29) is 5.75 Å². The zero-order valence-electron chi connectivity index (χ0n) is 24.4. The zero-order valence-corrected chi connectivity index (χ0v) is 26.1. The second-order valence-corrected chi connectivity index (χ2v) is 11.5. The lowest BCUT2D eigenvalue weighted by Gasteiger charge is -2.09. The molecule has 6 aromatic rings. The van der Waals surface area contributed by atoms with E-state index in [4.69, 9.17) is 4.99 Å². The fraction of sp³-hybridized carbons (Fsp3) is 0.125. The van der Waals surface area contributed by atoms with Gasteiger partial charge in [-0.3, -0.25) is 5.43 Å². The first-order valence-electron chi connectivity index (χ1n) is 13.9. The third kappa shape index (κ3) is 7.58. The maximum Gasteiger partial charge on any atom is 0.573 e. The molecule has 0 aliphatic rings. The molecule has 0 atom stereocenters. The predicted molar refractivity (Wildman–Crippen MR) is 176 cm³/mol. The smallest absolute Gasteiger partial charge is 0.406 e. The Balaban J connectivity index is 1.14. The molecule has 0 unspecified atom stereocenters. The summed E-state index contributed by atoms with van der Waals surface area (Å²) in [6.45, 7) is 4.06. The van der Waals surface area contributed by atoms with Gasteiger partial charge in [-0.25, -0.2) is 14.7 Å². The molecule has 14 heteroatoms. The molecule has 2 aromatic heterocycles. The number of ether oxygens (including phenoxy) is 1. The maximum absolute atomic E-state index is 12.4. The number of thioether (sulfide) groups is 1. The molecule has 4 aromatic carbocycles. The fourth-order valence-electron chi connectivity index (χ4n) is 4.50. The molecule has 2 heterocycles. The second kappa shape index (κ2) is 13.5. The van der Waals surface area contributed by atoms with Crippen molar-refractivity contribution in [3.63, 3.8) is 0 Å². The highest BCUT2D eigenvalue weighted by Crippen LogP contribution is 2.27. The minimum Gasteiger partial charge on any atom is -0.406 e. The van der Waals surface area contributed by atoms with Gasteiger partial charge in [0.25, 0.3) is 0 Å². The van der Waals surface area contributed by atoms with Crippen LogP contribution in [0.5, 0.6) is 5.75 Å². The highest BCUT2D eigenvalue weighted by atomic mass is 32.2. The molecule has 0 spiro atoms. The van der Waals surface area contributed by atoms with Gasteiger partial charge in [0.2, 0.25) is 0 Å². The van der Waals surface area contributed by atoms with Gasteiger partial charge in [-0.05, 0) is 66.4 Å². The van der Waals surface area contributed by atoms with Crippen LogP contribution in [0.25, 0.3) is 28.1 Å². The van der Waals surface area contributed by atoms with Crippen LogP contribution >= 0.6 is 23.5 Å². The lowest BCUT2D eigenvalue weighted by molar-refractivity contribution is -0.274. The van der Waals surface area contributed by atoms with Crippen molar-refractivity contribution >= 4 is 51.6 Å². The Morgan fingerprint density at radius 2 is 1.70 bits per heavy atom. The number of amidine groups is 1. The number of aryl methyl sites for hydroxylation is 2. The number of rotatable bonds is 8. The Morgan fingerprint density at radius 3 is 2.43 bits per heavy atom. The summed E-state index contributed by atoms with van der Waals surface area (Å²) < 4.78 is 51.5. The van der Waals surface area contributed by atoms with Crippen LogP contribution in [0.3, 0.4) is 0 Å². The number of hydrazone groups is 1. The standard InChI is InChI=1S/C32H25F3N8OS2/c1-20-5-3-6-21(2)28(20)38-31(45-18-24-7-4-8-27-29(24)42-46-41-27)39-37-17-22-9-11-23(12-10-22)30-36-19-43(40-30)25-13-15-26(16-14-25)44-32(33,34)35/h3-17,19H,18H2,1-2H3,(H,38,39)/b37-17-. The summed E-state index contributed by atoms with van der Waals surface area (Å²) in [6, 6.07) is 24.9. The predicted octanol–water partition coefficient (Wildman–Crippen LogP) is 8.00. The largest absolute Gasteiger partial charge is 0.573 e. The topological polar surface area (TPSA) is 102 Å². The van der Waals surface area contributed by atoms with Crippen LogP contribution in [-0.2, 0) is 5.75 Å². The van der Waals surface area contributed by atoms with Crippen molar-refractivity contribution in [2.24, 2.45) is 10.1 Å². The molecule has 232 valence electrons. The maximum atomic E-state index is 12.4. The van der Waals surface area contributed by atoms with Gasteiger partial charge in [0, 0.05) is 11.3 Å². The first-order chi connectivity index (χ1) is 22.2. The molecule has 0 aliphatic carbocycles. The van der Waals surface area contributed by atoms with Crippen LogP contribution in [0.1, 0.15) is 22.3 Å². The molecule has 0 fully saturated rings. The van der Waals surface area contributed by atoms with Crippen molar-refractivity contribution < 1.29 is 17.9 Å². The minimum absolute atomic E-state index is 0.309. The van der Waals surface area contributed by atoms with Gasteiger partial charge < -0.3 is 4.74 Å². The van der Waals surface area contributed by atoms with E-state index in [1.54, 1.807) is 6.21 Å². The monoisotopic (exact) mass is 658 g/mol. The summed E-state index contributed by atoms with van der Waals surface area (Å²) in [7, 11) is 0. The number of nitrogens with one attached hydrogen (secondary N) is 1. The molecular formula is C32H25F3N8OS2. The molecule has 1 N–H and O–H groups in total. The van der Waals surface area contributed by atoms with E-state index in [0.29, 0.717) is 22.4 Å². The molecule has 0 aliphatic heterocycles. The van der Waals surface area contributed by atoms with E-state index < -0.39 is 6.36 Å². The van der Waals surface area contributed by atoms with Crippen molar-refractivity contribution in [2.45, 2.75) is 26.0 Å². The highest BCUT2D eigenvalue weighted by molar-refractivity contribution is 8.13. The number of hydrogen-bond donors (Lipinski definition) is 1. The molecule has 9 nitrogen and oxygen atoms in total. The number of benzene rings is 4. The van der Waals surface area contributed by atoms with Gasteiger partial charge >= 0.3 is 6.36 Å². The number of hydrogen-bond acceptors (Lipinski definition) is 9. The fourth-order valence-corrected chi connectivity index (χ4v) is 5.87. The van der Waals surface area contributed by atoms with Crippen LogP contribution < -0.4 is 10.2 Å². The van der Waals surface area contributed by atoms with Crippen molar-refractivity contribution in [1.29, 1.82) is 0 Å². The molecule has 46 heavy (non-hydrogen) atoms. The van der Waals surface area contributed by atoms with Gasteiger partial charge in [-0.2, -0.15) is 13.8 Å². The first-order valence-corrected chi connectivity index (χ1v) is 15.6. The number of aliphatic imine (C=N–C) groups is 1. The summed E-state index contributed by atoms with van der Waals surface area (Å²) in [5.41, 5.74) is 11.1. The third-order valence-electron chi connectivity index (χ3n) is 6.76. The van der Waals surface area contributed by atoms with Crippen molar-refractivity contribution in [2.75, 3.05) is 0 Å². The quantitative estimate of drug-likeness (QED) is 0.100. The Kier molecular flexibility index (Phi) is 9.08. The molecule has 0 amide bonds. The highest BCUT2D eigenvalue weighted by Gasteiger charge is 2.31. The zero-order chi connectivity index (χ0) is 32.1. The summed E-state index contributed by atoms with van der Waals surface area (Å²) in [5.74, 6) is 0.785. The van der Waals surface area contributed by atoms with Crippen molar-refractivity contribution in [3.05, 3.63) is 114 Å². The lowest BCUT2D eigenvalue weighted by Crippen LogP contribution is -2.17. The number of fused-ring (bicyclic) bond motifs is 1. The molecular weight excluding hydrogens is 634 g/mol.